The molecule has 0 saturated carbocycles. The predicted molar refractivity (Wildman–Crippen MR) is 133 cm³/mol. The summed E-state index contributed by atoms with van der Waals surface area (Å²) in [6.45, 7) is 5.08. The molecule has 2 aliphatic rings. The van der Waals surface area contributed by atoms with E-state index in [9.17, 15) is 9.59 Å². The van der Waals surface area contributed by atoms with Crippen LogP contribution >= 0.6 is 23.1 Å². The lowest BCUT2D eigenvalue weighted by Crippen LogP contribution is -2.33. The van der Waals surface area contributed by atoms with Gasteiger partial charge in [-0.2, -0.15) is 0 Å². The van der Waals surface area contributed by atoms with Crippen LogP contribution in [0.15, 0.2) is 34.2 Å². The summed E-state index contributed by atoms with van der Waals surface area (Å²) in [6.07, 6.45) is 2.99. The Bertz CT molecular complexity index is 1250. The summed E-state index contributed by atoms with van der Waals surface area (Å²) < 4.78 is 7.26. The standard InChI is InChI=1S/C24H28N4O3S2/c1-15-5-3-6-16(11-15)28-23(30)21-18-8-9-27(2)13-19(18)33-22(21)26-24(28)32-14-20(29)25-12-17-7-4-10-31-17/h3,5-6,11,17H,4,7-10,12-14H2,1-2H3,(H,25,29). The van der Waals surface area contributed by atoms with Gasteiger partial charge in [0.05, 0.1) is 22.9 Å². The zero-order valence-corrected chi connectivity index (χ0v) is 20.6. The number of ether oxygens (including phenoxy) is 1. The van der Waals surface area contributed by atoms with Crippen molar-refractivity contribution in [1.29, 1.82) is 0 Å². The highest BCUT2D eigenvalue weighted by atomic mass is 32.2. The molecule has 0 spiro atoms. The molecular formula is C24H28N4O3S2. The fourth-order valence-corrected chi connectivity index (χ4v) is 6.64. The van der Waals surface area contributed by atoms with Gasteiger partial charge in [-0.15, -0.1) is 11.3 Å². The average molecular weight is 485 g/mol. The molecule has 33 heavy (non-hydrogen) atoms. The van der Waals surface area contributed by atoms with Gasteiger partial charge in [0.2, 0.25) is 5.91 Å². The van der Waals surface area contributed by atoms with Crippen LogP contribution in [0.5, 0.6) is 0 Å². The summed E-state index contributed by atoms with van der Waals surface area (Å²) in [5, 5.41) is 4.24. The van der Waals surface area contributed by atoms with Crippen LogP contribution in [0, 0.1) is 6.92 Å². The smallest absolute Gasteiger partial charge is 0.267 e. The Balaban J connectivity index is 1.49. The van der Waals surface area contributed by atoms with Gasteiger partial charge in [0, 0.05) is 31.1 Å². The first-order chi connectivity index (χ1) is 16.0. The molecule has 1 unspecified atom stereocenters. The molecule has 174 valence electrons. The summed E-state index contributed by atoms with van der Waals surface area (Å²) in [5.74, 6) is 0.123. The van der Waals surface area contributed by atoms with E-state index >= 15 is 0 Å². The Hall–Kier alpha value is -2.20. The number of hydrogen-bond acceptors (Lipinski definition) is 7. The lowest BCUT2D eigenvalue weighted by atomic mass is 10.1. The highest BCUT2D eigenvalue weighted by molar-refractivity contribution is 7.99. The van der Waals surface area contributed by atoms with Gasteiger partial charge in [0.15, 0.2) is 5.16 Å². The third kappa shape index (κ3) is 4.73. The van der Waals surface area contributed by atoms with E-state index in [1.165, 1.54) is 16.6 Å². The van der Waals surface area contributed by atoms with Crippen molar-refractivity contribution in [3.05, 3.63) is 50.6 Å². The van der Waals surface area contributed by atoms with Gasteiger partial charge in [0.1, 0.15) is 4.83 Å². The molecule has 0 aliphatic carbocycles. The normalized spacial score (nSPS) is 18.5. The van der Waals surface area contributed by atoms with Crippen LogP contribution in [0.2, 0.25) is 0 Å². The molecule has 0 bridgehead atoms. The van der Waals surface area contributed by atoms with Crippen molar-refractivity contribution in [1.82, 2.24) is 19.8 Å². The van der Waals surface area contributed by atoms with Crippen molar-refractivity contribution in [2.45, 2.75) is 44.0 Å². The van der Waals surface area contributed by atoms with E-state index < -0.39 is 0 Å². The molecule has 2 aliphatic heterocycles. The molecule has 1 N–H and O–H groups in total. The van der Waals surface area contributed by atoms with Gasteiger partial charge in [-0.3, -0.25) is 14.2 Å². The van der Waals surface area contributed by atoms with Gasteiger partial charge in [-0.05, 0) is 56.5 Å². The van der Waals surface area contributed by atoms with Crippen LogP contribution in [0.1, 0.15) is 28.8 Å². The second kappa shape index (κ2) is 9.58. The second-order valence-corrected chi connectivity index (χ2v) is 10.8. The van der Waals surface area contributed by atoms with Crippen LogP contribution in [-0.4, -0.2) is 59.0 Å². The van der Waals surface area contributed by atoms with E-state index in [1.807, 2.05) is 31.2 Å². The maximum atomic E-state index is 13.8. The van der Waals surface area contributed by atoms with Crippen LogP contribution in [-0.2, 0) is 22.5 Å². The van der Waals surface area contributed by atoms with Crippen molar-refractivity contribution in [2.75, 3.05) is 32.5 Å². The predicted octanol–water partition coefficient (Wildman–Crippen LogP) is 3.13. The quantitative estimate of drug-likeness (QED) is 0.428. The van der Waals surface area contributed by atoms with Crippen molar-refractivity contribution in [2.24, 2.45) is 0 Å². The van der Waals surface area contributed by atoms with Gasteiger partial charge in [-0.1, -0.05) is 23.9 Å². The number of rotatable bonds is 6. The topological polar surface area (TPSA) is 76.5 Å². The van der Waals surface area contributed by atoms with E-state index in [0.29, 0.717) is 11.7 Å². The van der Waals surface area contributed by atoms with Crippen molar-refractivity contribution in [3.63, 3.8) is 0 Å². The van der Waals surface area contributed by atoms with E-state index in [1.54, 1.807) is 15.9 Å². The summed E-state index contributed by atoms with van der Waals surface area (Å²) >= 11 is 2.91. The van der Waals surface area contributed by atoms with E-state index in [0.717, 1.165) is 66.0 Å². The number of carbonyl (C=O) groups is 1. The minimum absolute atomic E-state index is 0.0464. The lowest BCUT2D eigenvalue weighted by molar-refractivity contribution is -0.119. The number of likely N-dealkylation sites (N-methyl/N-ethyl adjacent to an activating group) is 1. The molecule has 1 aromatic carbocycles. The molecule has 9 heteroatoms. The zero-order valence-electron chi connectivity index (χ0n) is 18.9. The van der Waals surface area contributed by atoms with Gasteiger partial charge >= 0.3 is 0 Å². The molecule has 1 fully saturated rings. The maximum Gasteiger partial charge on any atom is 0.267 e. The molecule has 1 amide bonds. The molecule has 2 aromatic heterocycles. The van der Waals surface area contributed by atoms with Crippen molar-refractivity contribution < 1.29 is 9.53 Å². The Morgan fingerprint density at radius 3 is 3.06 bits per heavy atom. The molecule has 4 heterocycles. The number of nitrogens with zero attached hydrogens (tertiary/aromatic N) is 3. The SMILES string of the molecule is Cc1cccc(-n2c(SCC(=O)NCC3CCCO3)nc3sc4c(c3c2=O)CCN(C)C4)c1. The molecule has 5 rings (SSSR count). The Morgan fingerprint density at radius 1 is 1.39 bits per heavy atom. The largest absolute Gasteiger partial charge is 0.376 e. The first kappa shape index (κ1) is 22.6. The fraction of sp³-hybridized carbons (Fsp3) is 0.458. The zero-order chi connectivity index (χ0) is 22.9. The molecular weight excluding hydrogens is 456 g/mol. The molecule has 1 saturated heterocycles. The Labute approximate surface area is 201 Å². The van der Waals surface area contributed by atoms with Crippen LogP contribution in [0.3, 0.4) is 0 Å². The van der Waals surface area contributed by atoms with Crippen molar-refractivity contribution in [3.8, 4) is 5.69 Å². The Morgan fingerprint density at radius 2 is 2.27 bits per heavy atom. The minimum Gasteiger partial charge on any atom is -0.376 e. The van der Waals surface area contributed by atoms with Crippen molar-refractivity contribution >= 4 is 39.2 Å². The summed E-state index contributed by atoms with van der Waals surface area (Å²) in [4.78, 5) is 35.5. The fourth-order valence-electron chi connectivity index (χ4n) is 4.46. The number of carbonyl (C=O) groups excluding carboxylic acids is 1. The molecule has 0 radical (unpaired) electrons. The van der Waals surface area contributed by atoms with Crippen LogP contribution in [0.25, 0.3) is 15.9 Å². The number of amides is 1. The molecule has 1 atom stereocenters. The summed E-state index contributed by atoms with van der Waals surface area (Å²) in [6, 6.07) is 7.87. The minimum atomic E-state index is -0.0762. The molecule has 3 aromatic rings. The maximum absolute atomic E-state index is 13.8. The number of thiophene rings is 1. The highest BCUT2D eigenvalue weighted by Gasteiger charge is 2.25. The Kier molecular flexibility index (Phi) is 6.56. The summed E-state index contributed by atoms with van der Waals surface area (Å²) in [7, 11) is 2.10. The van der Waals surface area contributed by atoms with E-state index in [2.05, 4.69) is 17.3 Å². The molecule has 7 nitrogen and oxygen atoms in total. The number of benzene rings is 1. The number of aromatic nitrogens is 2. The van der Waals surface area contributed by atoms with Gasteiger partial charge in [0.25, 0.3) is 5.56 Å². The van der Waals surface area contributed by atoms with E-state index in [4.69, 9.17) is 9.72 Å². The van der Waals surface area contributed by atoms with Gasteiger partial charge < -0.3 is 15.0 Å². The number of hydrogen-bond donors (Lipinski definition) is 1. The first-order valence-electron chi connectivity index (χ1n) is 11.3. The third-order valence-electron chi connectivity index (χ3n) is 6.18. The highest BCUT2D eigenvalue weighted by Crippen LogP contribution is 2.34. The number of nitrogens with one attached hydrogen (secondary N) is 1. The first-order valence-corrected chi connectivity index (χ1v) is 13.1. The number of fused-ring (bicyclic) bond motifs is 3. The third-order valence-corrected chi connectivity index (χ3v) is 8.23. The van der Waals surface area contributed by atoms with Crippen LogP contribution < -0.4 is 10.9 Å². The lowest BCUT2D eigenvalue weighted by Gasteiger charge is -2.21. The van der Waals surface area contributed by atoms with Gasteiger partial charge in [-0.25, -0.2) is 4.98 Å². The number of thioether (sulfide) groups is 1. The van der Waals surface area contributed by atoms with Crippen LogP contribution in [0.4, 0.5) is 0 Å². The summed E-state index contributed by atoms with van der Waals surface area (Å²) in [5.41, 5.74) is 2.94. The monoisotopic (exact) mass is 484 g/mol. The number of aryl methyl sites for hydroxylation is 1. The van der Waals surface area contributed by atoms with E-state index in [-0.39, 0.29) is 23.3 Å². The second-order valence-electron chi connectivity index (χ2n) is 8.77. The average Bonchev–Trinajstić information content (AvgIpc) is 3.43.